The molecular formula is C17H20N2OS. The molecule has 4 rings (SSSR count). The Balaban J connectivity index is 1.35. The molecule has 0 saturated carbocycles. The molecule has 0 radical (unpaired) electrons. The Kier molecular flexibility index (Phi) is 3.43. The van der Waals surface area contributed by atoms with E-state index in [2.05, 4.69) is 39.9 Å². The van der Waals surface area contributed by atoms with Gasteiger partial charge in [-0.15, -0.1) is 11.3 Å². The van der Waals surface area contributed by atoms with Crippen molar-refractivity contribution in [1.29, 1.82) is 0 Å². The summed E-state index contributed by atoms with van der Waals surface area (Å²) in [6, 6.07) is 8.84. The summed E-state index contributed by atoms with van der Waals surface area (Å²) in [6.45, 7) is 3.45. The standard InChI is InChI=1S/C17H20N2OS/c20-17(18-15-10-19-8-7-12(15)9-19)6-5-13-11-21-16-4-2-1-3-14(13)16/h1-4,11-12,15H,5-10H2,(H,18,20). The molecule has 1 N–H and O–H groups in total. The van der Waals surface area contributed by atoms with Crippen LogP contribution in [0.2, 0.25) is 0 Å². The van der Waals surface area contributed by atoms with Crippen LogP contribution in [0.15, 0.2) is 29.6 Å². The fraction of sp³-hybridized carbons (Fsp3) is 0.471. The van der Waals surface area contributed by atoms with Crippen molar-refractivity contribution in [2.75, 3.05) is 19.6 Å². The van der Waals surface area contributed by atoms with Crippen LogP contribution in [-0.4, -0.2) is 36.5 Å². The van der Waals surface area contributed by atoms with Crippen LogP contribution in [0, 0.1) is 5.92 Å². The highest BCUT2D eigenvalue weighted by Crippen LogP contribution is 2.28. The van der Waals surface area contributed by atoms with Gasteiger partial charge in [-0.1, -0.05) is 18.2 Å². The molecule has 0 spiro atoms. The van der Waals surface area contributed by atoms with E-state index in [4.69, 9.17) is 0 Å². The van der Waals surface area contributed by atoms with E-state index in [9.17, 15) is 4.79 Å². The van der Waals surface area contributed by atoms with Crippen LogP contribution in [-0.2, 0) is 11.2 Å². The SMILES string of the molecule is O=C(CCc1csc2ccccc12)NC1CN2CCC1C2. The lowest BCUT2D eigenvalue weighted by Gasteiger charge is -2.23. The maximum Gasteiger partial charge on any atom is 0.220 e. The summed E-state index contributed by atoms with van der Waals surface area (Å²) >= 11 is 1.77. The van der Waals surface area contributed by atoms with Gasteiger partial charge in [-0.25, -0.2) is 0 Å². The fourth-order valence-electron chi connectivity index (χ4n) is 3.70. The van der Waals surface area contributed by atoms with Crippen molar-refractivity contribution in [3.8, 4) is 0 Å². The van der Waals surface area contributed by atoms with Gasteiger partial charge < -0.3 is 10.2 Å². The van der Waals surface area contributed by atoms with E-state index in [0.717, 1.165) is 13.0 Å². The summed E-state index contributed by atoms with van der Waals surface area (Å²) in [6.07, 6.45) is 2.70. The van der Waals surface area contributed by atoms with E-state index in [1.807, 2.05) is 0 Å². The number of aryl methyl sites for hydroxylation is 1. The van der Waals surface area contributed by atoms with E-state index in [-0.39, 0.29) is 5.91 Å². The molecule has 1 amide bonds. The molecule has 110 valence electrons. The molecule has 1 aromatic heterocycles. The van der Waals surface area contributed by atoms with Crippen LogP contribution < -0.4 is 5.32 Å². The zero-order valence-corrected chi connectivity index (χ0v) is 12.9. The number of nitrogens with one attached hydrogen (secondary N) is 1. The largest absolute Gasteiger partial charge is 0.352 e. The molecule has 4 heteroatoms. The van der Waals surface area contributed by atoms with Crippen molar-refractivity contribution in [3.63, 3.8) is 0 Å². The Morgan fingerprint density at radius 3 is 3.05 bits per heavy atom. The van der Waals surface area contributed by atoms with Gasteiger partial charge in [0, 0.05) is 30.3 Å². The summed E-state index contributed by atoms with van der Waals surface area (Å²) in [5, 5.41) is 6.75. The third-order valence-corrected chi connectivity index (χ3v) is 5.87. The number of carbonyl (C=O) groups is 1. The normalized spacial score (nSPS) is 27.3. The highest BCUT2D eigenvalue weighted by molar-refractivity contribution is 7.17. The Bertz CT molecular complexity index is 666. The minimum Gasteiger partial charge on any atom is -0.352 e. The molecule has 1 aromatic carbocycles. The maximum atomic E-state index is 12.2. The number of carbonyl (C=O) groups excluding carboxylic acids is 1. The number of rotatable bonds is 4. The van der Waals surface area contributed by atoms with Crippen LogP contribution in [0.1, 0.15) is 18.4 Å². The zero-order valence-electron chi connectivity index (χ0n) is 12.0. The van der Waals surface area contributed by atoms with Crippen LogP contribution in [0.4, 0.5) is 0 Å². The monoisotopic (exact) mass is 300 g/mol. The third-order valence-electron chi connectivity index (χ3n) is 4.86. The Morgan fingerprint density at radius 1 is 1.33 bits per heavy atom. The van der Waals surface area contributed by atoms with Gasteiger partial charge in [-0.2, -0.15) is 0 Å². The van der Waals surface area contributed by atoms with Gasteiger partial charge >= 0.3 is 0 Å². The summed E-state index contributed by atoms with van der Waals surface area (Å²) in [7, 11) is 0. The molecule has 2 aromatic rings. The molecule has 2 saturated heterocycles. The minimum atomic E-state index is 0.212. The van der Waals surface area contributed by atoms with E-state index in [1.54, 1.807) is 11.3 Å². The predicted molar refractivity (Wildman–Crippen MR) is 86.6 cm³/mol. The number of hydrogen-bond acceptors (Lipinski definition) is 3. The predicted octanol–water partition coefficient (Wildman–Crippen LogP) is 2.65. The number of amides is 1. The Morgan fingerprint density at radius 2 is 2.24 bits per heavy atom. The number of benzene rings is 1. The van der Waals surface area contributed by atoms with Gasteiger partial charge in [0.15, 0.2) is 0 Å². The van der Waals surface area contributed by atoms with Crippen LogP contribution in [0.3, 0.4) is 0 Å². The third kappa shape index (κ3) is 2.58. The summed E-state index contributed by atoms with van der Waals surface area (Å²) < 4.78 is 1.31. The van der Waals surface area contributed by atoms with Gasteiger partial charge in [0.1, 0.15) is 0 Å². The first kappa shape index (κ1) is 13.3. The Hall–Kier alpha value is -1.39. The molecule has 0 aliphatic carbocycles. The smallest absolute Gasteiger partial charge is 0.220 e. The van der Waals surface area contributed by atoms with Crippen molar-refractivity contribution in [1.82, 2.24) is 10.2 Å². The number of hydrogen-bond donors (Lipinski definition) is 1. The van der Waals surface area contributed by atoms with Crippen molar-refractivity contribution < 1.29 is 4.79 Å². The fourth-order valence-corrected chi connectivity index (χ4v) is 4.70. The molecular weight excluding hydrogens is 280 g/mol. The summed E-state index contributed by atoms with van der Waals surface area (Å²) in [4.78, 5) is 14.6. The summed E-state index contributed by atoms with van der Waals surface area (Å²) in [5.74, 6) is 0.903. The number of nitrogens with zero attached hydrogens (tertiary/aromatic N) is 1. The molecule has 2 aliphatic rings. The second kappa shape index (κ2) is 5.43. The zero-order chi connectivity index (χ0) is 14.2. The second-order valence-corrected chi connectivity index (χ2v) is 7.15. The van der Waals surface area contributed by atoms with Crippen molar-refractivity contribution >= 4 is 27.3 Å². The van der Waals surface area contributed by atoms with Gasteiger partial charge in [0.25, 0.3) is 0 Å². The van der Waals surface area contributed by atoms with E-state index < -0.39 is 0 Å². The molecule has 3 unspecified atom stereocenters. The van der Waals surface area contributed by atoms with Crippen LogP contribution >= 0.6 is 11.3 Å². The highest BCUT2D eigenvalue weighted by Gasteiger charge is 2.38. The van der Waals surface area contributed by atoms with E-state index in [1.165, 1.54) is 35.2 Å². The molecule has 2 fully saturated rings. The van der Waals surface area contributed by atoms with Crippen molar-refractivity contribution in [3.05, 3.63) is 35.2 Å². The average molecular weight is 300 g/mol. The molecule has 3 nitrogen and oxygen atoms in total. The van der Waals surface area contributed by atoms with Gasteiger partial charge in [0.2, 0.25) is 5.91 Å². The number of thiophene rings is 1. The summed E-state index contributed by atoms with van der Waals surface area (Å²) in [5.41, 5.74) is 1.31. The lowest BCUT2D eigenvalue weighted by Crippen LogP contribution is -2.43. The number of fused-ring (bicyclic) bond motifs is 3. The average Bonchev–Trinajstić information content (AvgIpc) is 3.20. The minimum absolute atomic E-state index is 0.212. The van der Waals surface area contributed by atoms with Gasteiger partial charge in [-0.05, 0) is 47.7 Å². The number of piperidine rings is 1. The molecule has 2 bridgehead atoms. The van der Waals surface area contributed by atoms with Gasteiger partial charge in [0.05, 0.1) is 0 Å². The van der Waals surface area contributed by atoms with Crippen molar-refractivity contribution in [2.45, 2.75) is 25.3 Å². The van der Waals surface area contributed by atoms with Crippen LogP contribution in [0.5, 0.6) is 0 Å². The quantitative estimate of drug-likeness (QED) is 0.941. The second-order valence-electron chi connectivity index (χ2n) is 6.24. The molecule has 2 aliphatic heterocycles. The lowest BCUT2D eigenvalue weighted by molar-refractivity contribution is -0.122. The van der Waals surface area contributed by atoms with E-state index in [0.29, 0.717) is 18.4 Å². The Labute approximate surface area is 128 Å². The van der Waals surface area contributed by atoms with Gasteiger partial charge in [-0.3, -0.25) is 4.79 Å². The highest BCUT2D eigenvalue weighted by atomic mass is 32.1. The van der Waals surface area contributed by atoms with Crippen molar-refractivity contribution in [2.24, 2.45) is 5.92 Å². The maximum absolute atomic E-state index is 12.2. The lowest BCUT2D eigenvalue weighted by atomic mass is 9.99. The molecule has 21 heavy (non-hydrogen) atoms. The van der Waals surface area contributed by atoms with E-state index >= 15 is 0 Å². The first-order valence-corrected chi connectivity index (χ1v) is 8.64. The molecule has 3 atom stereocenters. The topological polar surface area (TPSA) is 32.3 Å². The first-order chi connectivity index (χ1) is 10.3. The molecule has 3 heterocycles. The van der Waals surface area contributed by atoms with Crippen LogP contribution in [0.25, 0.3) is 10.1 Å². The first-order valence-electron chi connectivity index (χ1n) is 7.76.